The van der Waals surface area contributed by atoms with Crippen molar-refractivity contribution in [2.75, 3.05) is 18.8 Å². The van der Waals surface area contributed by atoms with Crippen LogP contribution in [0.3, 0.4) is 0 Å². The number of nitrogens with one attached hydrogen (secondary N) is 2. The van der Waals surface area contributed by atoms with Gasteiger partial charge in [-0.15, -0.1) is 0 Å². The molecule has 0 spiro atoms. The molecular weight excluding hydrogens is 598 g/mol. The van der Waals surface area contributed by atoms with Crippen LogP contribution in [0.15, 0.2) is 73.8 Å². The van der Waals surface area contributed by atoms with E-state index in [1.54, 1.807) is 36.4 Å². The molecule has 0 saturated carbocycles. The highest BCUT2D eigenvalue weighted by Gasteiger charge is 2.26. The van der Waals surface area contributed by atoms with Gasteiger partial charge in [-0.05, 0) is 55.9 Å². The minimum absolute atomic E-state index is 0.0115. The van der Waals surface area contributed by atoms with E-state index in [1.807, 2.05) is 19.1 Å². The van der Waals surface area contributed by atoms with Gasteiger partial charge in [0, 0.05) is 36.3 Å². The van der Waals surface area contributed by atoms with E-state index in [4.69, 9.17) is 37.8 Å². The molecule has 46 heavy (non-hydrogen) atoms. The Labute approximate surface area is 265 Å². The third kappa shape index (κ3) is 13.7. The minimum Gasteiger partial charge on any atom is -0.480 e. The molecule has 16 nitrogen and oxygen atoms in total. The maximum atomic E-state index is 12.7. The predicted octanol–water partition coefficient (Wildman–Crippen LogP) is 0.642. The van der Waals surface area contributed by atoms with Crippen LogP contribution in [0.2, 0.25) is 0 Å². The number of alkyl carbamates (subject to hydrolysis) is 1. The van der Waals surface area contributed by atoms with Crippen LogP contribution < -0.4 is 44.9 Å². The number of nitrogens with zero attached hydrogens (tertiary/aromatic N) is 2. The van der Waals surface area contributed by atoms with E-state index >= 15 is 0 Å². The first kappa shape index (κ1) is 36.4. The third-order valence-corrected chi connectivity index (χ3v) is 6.30. The number of carbonyl (C=O) groups is 3. The van der Waals surface area contributed by atoms with E-state index in [-0.39, 0.29) is 50.1 Å². The van der Waals surface area contributed by atoms with Gasteiger partial charge in [0.2, 0.25) is 5.91 Å². The summed E-state index contributed by atoms with van der Waals surface area (Å²) in [7, 11) is 0. The predicted molar refractivity (Wildman–Crippen MR) is 175 cm³/mol. The molecule has 0 fully saturated rings. The van der Waals surface area contributed by atoms with Crippen molar-refractivity contribution in [1.29, 1.82) is 0 Å². The minimum atomic E-state index is -1.22. The van der Waals surface area contributed by atoms with E-state index < -0.39 is 30.1 Å². The van der Waals surface area contributed by atoms with Gasteiger partial charge in [0.05, 0.1) is 0 Å². The van der Waals surface area contributed by atoms with Crippen LogP contribution in [0.4, 0.5) is 10.5 Å². The highest BCUT2D eigenvalue weighted by atomic mass is 16.5. The number of amides is 2. The summed E-state index contributed by atoms with van der Waals surface area (Å²) < 4.78 is 10.1. The molecule has 0 aliphatic heterocycles. The van der Waals surface area contributed by atoms with Crippen molar-refractivity contribution in [1.82, 2.24) is 10.6 Å². The van der Waals surface area contributed by atoms with Crippen molar-refractivity contribution in [2.45, 2.75) is 51.3 Å². The summed E-state index contributed by atoms with van der Waals surface area (Å²) in [5, 5.41) is 15.2. The molecule has 0 aliphatic rings. The largest absolute Gasteiger partial charge is 0.480 e. The summed E-state index contributed by atoms with van der Waals surface area (Å²) in [4.78, 5) is 55.1. The Morgan fingerprint density at radius 2 is 1.50 bits per heavy atom. The summed E-state index contributed by atoms with van der Waals surface area (Å²) in [6, 6.07) is 13.5. The number of fused-ring (bicyclic) bond motifs is 1. The van der Waals surface area contributed by atoms with Gasteiger partial charge in [-0.25, -0.2) is 14.4 Å². The number of nitrogens with two attached hydrogens (primary N) is 5. The Balaban J connectivity index is 0.000000464. The number of nitrogen functional groups attached to an aromatic ring is 1. The van der Waals surface area contributed by atoms with E-state index in [1.165, 1.54) is 6.07 Å². The molecule has 0 saturated heterocycles. The first-order chi connectivity index (χ1) is 21.8. The van der Waals surface area contributed by atoms with Gasteiger partial charge < -0.3 is 53.6 Å². The smallest absolute Gasteiger partial charge is 0.408 e. The van der Waals surface area contributed by atoms with Crippen LogP contribution in [0.25, 0.3) is 11.0 Å². The molecular formula is C30H41N9O7. The summed E-state index contributed by atoms with van der Waals surface area (Å²) in [5.74, 6) is -2.10. The van der Waals surface area contributed by atoms with E-state index in [0.717, 1.165) is 16.5 Å². The van der Waals surface area contributed by atoms with Crippen LogP contribution in [-0.4, -0.2) is 60.2 Å². The fraction of sp³-hybridized carbons (Fsp3) is 0.333. The fourth-order valence-electron chi connectivity index (χ4n) is 4.05. The molecule has 0 radical (unpaired) electrons. The van der Waals surface area contributed by atoms with Crippen LogP contribution in [0, 0.1) is 6.92 Å². The lowest BCUT2D eigenvalue weighted by atomic mass is 10.1. The Bertz CT molecular complexity index is 1570. The standard InChI is InChI=1S/C20H32N8O5.C10H9NO2/c21-18(22)25-10-4-8-14(28-20(32)33-12-13-6-2-1-3-7-13)16(29)27-15(17(30)31)9-5-11-26-19(23)24;1-6-4-10(12)13-9-5-7(11)2-3-8(6)9/h1-3,6-7,14-15H,4-5,8-12H2,(H,27,29)(H,28,32)(H,30,31)(H4,21,22,25)(H4,23,24,26);2-5H,11H2,1H3. The van der Waals surface area contributed by atoms with Crippen molar-refractivity contribution in [3.8, 4) is 0 Å². The second kappa shape index (κ2) is 18.8. The Morgan fingerprint density at radius 1 is 0.891 bits per heavy atom. The number of carboxylic acids is 1. The lowest BCUT2D eigenvalue weighted by molar-refractivity contribution is -0.142. The van der Waals surface area contributed by atoms with Crippen LogP contribution in [0.5, 0.6) is 0 Å². The number of aryl methyl sites for hydroxylation is 1. The zero-order valence-electron chi connectivity index (χ0n) is 25.5. The molecule has 2 unspecified atom stereocenters. The topological polar surface area (TPSA) is 290 Å². The molecule has 1 heterocycles. The van der Waals surface area contributed by atoms with Gasteiger partial charge in [-0.2, -0.15) is 0 Å². The second-order valence-electron chi connectivity index (χ2n) is 10.1. The summed E-state index contributed by atoms with van der Waals surface area (Å²) in [6.07, 6.45) is 0.120. The molecule has 2 amide bonds. The highest BCUT2D eigenvalue weighted by Crippen LogP contribution is 2.18. The summed E-state index contributed by atoms with van der Waals surface area (Å²) in [5.41, 5.74) is 29.1. The van der Waals surface area contributed by atoms with Crippen LogP contribution in [0.1, 0.15) is 36.8 Å². The second-order valence-corrected chi connectivity index (χ2v) is 10.1. The number of aliphatic carboxylic acids is 1. The number of hydrogen-bond donors (Lipinski definition) is 8. The molecule has 2 atom stereocenters. The molecule has 13 N–H and O–H groups in total. The monoisotopic (exact) mass is 639 g/mol. The molecule has 0 bridgehead atoms. The van der Waals surface area contributed by atoms with Gasteiger partial charge >= 0.3 is 17.7 Å². The number of anilines is 1. The van der Waals surface area contributed by atoms with Crippen molar-refractivity contribution in [3.05, 3.63) is 76.1 Å². The van der Waals surface area contributed by atoms with Crippen molar-refractivity contribution in [2.24, 2.45) is 32.9 Å². The number of hydrogen-bond acceptors (Lipinski definition) is 9. The number of benzene rings is 2. The highest BCUT2D eigenvalue weighted by molar-refractivity contribution is 5.89. The van der Waals surface area contributed by atoms with Crippen LogP contribution in [-0.2, 0) is 20.9 Å². The van der Waals surface area contributed by atoms with E-state index in [0.29, 0.717) is 24.1 Å². The molecule has 1 aromatic heterocycles. The molecule has 3 aromatic rings. The van der Waals surface area contributed by atoms with Gasteiger partial charge in [-0.1, -0.05) is 30.3 Å². The van der Waals surface area contributed by atoms with Crippen LogP contribution >= 0.6 is 0 Å². The Kier molecular flexibility index (Phi) is 14.9. The average Bonchev–Trinajstić information content (AvgIpc) is 2.99. The number of guanidine groups is 2. The fourth-order valence-corrected chi connectivity index (χ4v) is 4.05. The molecule has 2 aromatic carbocycles. The molecule has 248 valence electrons. The number of carbonyl (C=O) groups excluding carboxylic acids is 2. The third-order valence-electron chi connectivity index (χ3n) is 6.30. The zero-order valence-corrected chi connectivity index (χ0v) is 25.5. The van der Waals surface area contributed by atoms with Gasteiger partial charge in [0.15, 0.2) is 11.9 Å². The van der Waals surface area contributed by atoms with E-state index in [9.17, 15) is 24.3 Å². The lowest BCUT2D eigenvalue weighted by Gasteiger charge is -2.21. The maximum absolute atomic E-state index is 12.7. The molecule has 0 aliphatic carbocycles. The van der Waals surface area contributed by atoms with Gasteiger partial charge in [-0.3, -0.25) is 14.8 Å². The zero-order chi connectivity index (χ0) is 34.1. The van der Waals surface area contributed by atoms with Gasteiger partial charge in [0.1, 0.15) is 24.3 Å². The SMILES string of the molecule is Cc1cc(=O)oc2cc(N)ccc12.NC(N)=NCCCC(NC(=O)C(CCCN=C(N)N)NC(=O)OCc1ccccc1)C(=O)O. The Morgan fingerprint density at radius 3 is 2.09 bits per heavy atom. The molecule has 3 rings (SSSR count). The normalized spacial score (nSPS) is 11.6. The maximum Gasteiger partial charge on any atom is 0.408 e. The number of carboxylic acid groups (broad SMARTS) is 1. The number of ether oxygens (including phenoxy) is 1. The van der Waals surface area contributed by atoms with Gasteiger partial charge in [0.25, 0.3) is 0 Å². The Hall–Kier alpha value is -5.80. The van der Waals surface area contributed by atoms with Crippen molar-refractivity contribution < 1.29 is 28.6 Å². The van der Waals surface area contributed by atoms with E-state index in [2.05, 4.69) is 20.6 Å². The van der Waals surface area contributed by atoms with Crippen molar-refractivity contribution >= 4 is 46.5 Å². The summed E-state index contributed by atoms with van der Waals surface area (Å²) in [6.45, 7) is 2.33. The molecule has 16 heteroatoms. The number of rotatable bonds is 14. The number of aliphatic imine (C=N–C) groups is 2. The quantitative estimate of drug-likeness (QED) is 0.0396. The first-order valence-corrected chi connectivity index (χ1v) is 14.3. The van der Waals surface area contributed by atoms with Crippen molar-refractivity contribution in [3.63, 3.8) is 0 Å². The lowest BCUT2D eigenvalue weighted by Crippen LogP contribution is -2.51. The first-order valence-electron chi connectivity index (χ1n) is 14.3. The average molecular weight is 640 g/mol. The summed E-state index contributed by atoms with van der Waals surface area (Å²) >= 11 is 0.